The Morgan fingerprint density at radius 2 is 1.75 bits per heavy atom. The van der Waals surface area contributed by atoms with Crippen LogP contribution in [0, 0.1) is 0 Å². The molecule has 1 saturated heterocycles. The van der Waals surface area contributed by atoms with E-state index in [4.69, 9.17) is 0 Å². The summed E-state index contributed by atoms with van der Waals surface area (Å²) in [6.07, 6.45) is 4.06. The molecule has 0 spiro atoms. The van der Waals surface area contributed by atoms with Crippen LogP contribution in [0.3, 0.4) is 0 Å². The van der Waals surface area contributed by atoms with E-state index in [0.29, 0.717) is 24.0 Å². The number of hydrogen-bond donors (Lipinski definition) is 1. The molecule has 5 nitrogen and oxygen atoms in total. The van der Waals surface area contributed by atoms with Crippen LogP contribution in [0.15, 0.2) is 40.2 Å². The fourth-order valence-corrected chi connectivity index (χ4v) is 4.15. The molecule has 1 aromatic carbocycles. The van der Waals surface area contributed by atoms with Crippen molar-refractivity contribution in [3.8, 4) is 0 Å². The van der Waals surface area contributed by atoms with Crippen LogP contribution in [-0.2, 0) is 10.0 Å². The zero-order valence-corrected chi connectivity index (χ0v) is 11.8. The smallest absolute Gasteiger partial charge is 0.248 e. The molecular formula is C14H16N2O3S. The van der Waals surface area contributed by atoms with Gasteiger partial charge in [-0.2, -0.15) is 4.31 Å². The third-order valence-corrected chi connectivity index (χ3v) is 5.59. The number of aromatic amines is 1. The molecule has 1 fully saturated rings. The Morgan fingerprint density at radius 3 is 2.50 bits per heavy atom. The number of pyridine rings is 1. The second-order valence-corrected chi connectivity index (χ2v) is 6.90. The second kappa shape index (κ2) is 5.03. The zero-order chi connectivity index (χ0) is 14.2. The molecule has 0 saturated carbocycles. The van der Waals surface area contributed by atoms with Crippen LogP contribution in [-0.4, -0.2) is 30.8 Å². The Kier molecular flexibility index (Phi) is 3.35. The zero-order valence-electron chi connectivity index (χ0n) is 11.0. The van der Waals surface area contributed by atoms with E-state index in [9.17, 15) is 13.2 Å². The molecule has 6 heteroatoms. The van der Waals surface area contributed by atoms with E-state index in [-0.39, 0.29) is 4.90 Å². The SMILES string of the molecule is O=c1c(S(=O)(=O)N2CCCCC2)c[nH]c2ccccc12. The topological polar surface area (TPSA) is 70.2 Å². The van der Waals surface area contributed by atoms with Crippen LogP contribution in [0.2, 0.25) is 0 Å². The van der Waals surface area contributed by atoms with Gasteiger partial charge in [0.2, 0.25) is 15.5 Å². The normalized spacial score (nSPS) is 17.4. The number of fused-ring (bicyclic) bond motifs is 1. The van der Waals surface area contributed by atoms with Gasteiger partial charge in [-0.1, -0.05) is 18.6 Å². The molecule has 0 bridgehead atoms. The molecule has 1 N–H and O–H groups in total. The lowest BCUT2D eigenvalue weighted by molar-refractivity contribution is 0.346. The van der Waals surface area contributed by atoms with Crippen molar-refractivity contribution in [1.82, 2.24) is 9.29 Å². The minimum Gasteiger partial charge on any atom is -0.360 e. The monoisotopic (exact) mass is 292 g/mol. The predicted octanol–water partition coefficient (Wildman–Crippen LogP) is 1.70. The van der Waals surface area contributed by atoms with Gasteiger partial charge in [0.15, 0.2) is 0 Å². The highest BCUT2D eigenvalue weighted by Gasteiger charge is 2.28. The van der Waals surface area contributed by atoms with Gasteiger partial charge in [-0.3, -0.25) is 4.79 Å². The van der Waals surface area contributed by atoms with E-state index in [0.717, 1.165) is 19.3 Å². The van der Waals surface area contributed by atoms with E-state index >= 15 is 0 Å². The number of H-pyrrole nitrogens is 1. The highest BCUT2D eigenvalue weighted by atomic mass is 32.2. The van der Waals surface area contributed by atoms with Crippen molar-refractivity contribution in [2.75, 3.05) is 13.1 Å². The Bertz CT molecular complexity index is 789. The van der Waals surface area contributed by atoms with Crippen LogP contribution >= 0.6 is 0 Å². The van der Waals surface area contributed by atoms with Crippen LogP contribution in [0.5, 0.6) is 0 Å². The van der Waals surface area contributed by atoms with Gasteiger partial charge in [0.25, 0.3) is 0 Å². The third kappa shape index (κ3) is 2.14. The summed E-state index contributed by atoms with van der Waals surface area (Å²) in [4.78, 5) is 15.1. The van der Waals surface area contributed by atoms with Crippen molar-refractivity contribution in [3.63, 3.8) is 0 Å². The average molecular weight is 292 g/mol. The van der Waals surface area contributed by atoms with E-state index < -0.39 is 15.5 Å². The molecule has 0 radical (unpaired) electrons. The van der Waals surface area contributed by atoms with Crippen molar-refractivity contribution in [2.24, 2.45) is 0 Å². The minimum absolute atomic E-state index is 0.155. The van der Waals surface area contributed by atoms with Gasteiger partial charge >= 0.3 is 0 Å². The number of hydrogen-bond acceptors (Lipinski definition) is 3. The van der Waals surface area contributed by atoms with Gasteiger partial charge in [0.05, 0.1) is 0 Å². The molecule has 1 aromatic heterocycles. The quantitative estimate of drug-likeness (QED) is 0.916. The largest absolute Gasteiger partial charge is 0.360 e. The van der Waals surface area contributed by atoms with Crippen molar-refractivity contribution in [2.45, 2.75) is 24.2 Å². The van der Waals surface area contributed by atoms with Gasteiger partial charge < -0.3 is 4.98 Å². The number of rotatable bonds is 2. The van der Waals surface area contributed by atoms with Gasteiger partial charge in [-0.05, 0) is 25.0 Å². The first-order valence-corrected chi connectivity index (χ1v) is 8.15. The summed E-state index contributed by atoms with van der Waals surface area (Å²) in [7, 11) is -3.69. The molecule has 0 aliphatic carbocycles. The molecule has 106 valence electrons. The van der Waals surface area contributed by atoms with E-state index in [1.54, 1.807) is 24.3 Å². The predicted molar refractivity (Wildman–Crippen MR) is 77.2 cm³/mol. The summed E-state index contributed by atoms with van der Waals surface area (Å²) in [5, 5.41) is 0.408. The summed E-state index contributed by atoms with van der Waals surface area (Å²) in [5.74, 6) is 0. The maximum atomic E-state index is 12.6. The lowest BCUT2D eigenvalue weighted by Crippen LogP contribution is -2.37. The maximum Gasteiger partial charge on any atom is 0.248 e. The fourth-order valence-electron chi connectivity index (χ4n) is 2.58. The second-order valence-electron chi connectivity index (χ2n) is 4.99. The Labute approximate surface area is 117 Å². The third-order valence-electron chi connectivity index (χ3n) is 3.69. The summed E-state index contributed by atoms with van der Waals surface area (Å²) in [6.45, 7) is 0.989. The molecule has 0 unspecified atom stereocenters. The molecule has 2 aromatic rings. The Hall–Kier alpha value is -1.66. The molecule has 3 rings (SSSR count). The van der Waals surface area contributed by atoms with Crippen molar-refractivity contribution in [3.05, 3.63) is 40.7 Å². The standard InChI is InChI=1S/C14H16N2O3S/c17-14-11-6-2-3-7-12(11)15-10-13(14)20(18,19)16-8-4-1-5-9-16/h2-3,6-7,10H,1,4-5,8-9H2,(H,15,17). The van der Waals surface area contributed by atoms with E-state index in [1.165, 1.54) is 10.5 Å². The number of nitrogens with one attached hydrogen (secondary N) is 1. The first-order chi connectivity index (χ1) is 9.60. The number of nitrogens with zero attached hydrogens (tertiary/aromatic N) is 1. The lowest BCUT2D eigenvalue weighted by Gasteiger charge is -2.25. The fraction of sp³-hybridized carbons (Fsp3) is 0.357. The van der Waals surface area contributed by atoms with E-state index in [1.807, 2.05) is 0 Å². The van der Waals surface area contributed by atoms with Gasteiger partial charge in [-0.25, -0.2) is 8.42 Å². The highest BCUT2D eigenvalue weighted by Crippen LogP contribution is 2.19. The summed E-state index contributed by atoms with van der Waals surface area (Å²) >= 11 is 0. The lowest BCUT2D eigenvalue weighted by atomic mass is 10.2. The number of para-hydroxylation sites is 1. The molecule has 0 amide bonds. The van der Waals surface area contributed by atoms with Crippen LogP contribution in [0.4, 0.5) is 0 Å². The maximum absolute atomic E-state index is 12.6. The average Bonchev–Trinajstić information content (AvgIpc) is 2.48. The minimum atomic E-state index is -3.69. The molecule has 1 aliphatic rings. The van der Waals surface area contributed by atoms with Gasteiger partial charge in [0, 0.05) is 30.2 Å². The van der Waals surface area contributed by atoms with Crippen molar-refractivity contribution < 1.29 is 8.42 Å². The van der Waals surface area contributed by atoms with E-state index in [2.05, 4.69) is 4.98 Å². The molecular weight excluding hydrogens is 276 g/mol. The first-order valence-electron chi connectivity index (χ1n) is 6.71. The highest BCUT2D eigenvalue weighted by molar-refractivity contribution is 7.89. The summed E-state index contributed by atoms with van der Waals surface area (Å²) in [6, 6.07) is 6.93. The molecule has 2 heterocycles. The van der Waals surface area contributed by atoms with Crippen LogP contribution < -0.4 is 5.43 Å². The van der Waals surface area contributed by atoms with Crippen molar-refractivity contribution >= 4 is 20.9 Å². The number of sulfonamides is 1. The molecule has 20 heavy (non-hydrogen) atoms. The molecule has 1 aliphatic heterocycles. The number of aromatic nitrogens is 1. The molecule has 0 atom stereocenters. The van der Waals surface area contributed by atoms with Crippen LogP contribution in [0.1, 0.15) is 19.3 Å². The summed E-state index contributed by atoms with van der Waals surface area (Å²) < 4.78 is 26.5. The van der Waals surface area contributed by atoms with Gasteiger partial charge in [0.1, 0.15) is 4.90 Å². The van der Waals surface area contributed by atoms with Crippen molar-refractivity contribution in [1.29, 1.82) is 0 Å². The van der Waals surface area contributed by atoms with Gasteiger partial charge in [-0.15, -0.1) is 0 Å². The Morgan fingerprint density at radius 1 is 1.05 bits per heavy atom. The Balaban J connectivity index is 2.14. The first kappa shape index (κ1) is 13.3. The summed E-state index contributed by atoms with van der Waals surface area (Å²) in [5.41, 5.74) is 0.222. The number of benzene rings is 1. The number of piperidine rings is 1. The van der Waals surface area contributed by atoms with Crippen LogP contribution in [0.25, 0.3) is 10.9 Å².